The molecule has 1 aliphatic carbocycles. The molecule has 3 rings (SSSR count). The molecule has 0 spiro atoms. The predicted molar refractivity (Wildman–Crippen MR) is 101 cm³/mol. The van der Waals surface area contributed by atoms with Crippen LogP contribution in [0.25, 0.3) is 0 Å². The highest BCUT2D eigenvalue weighted by Gasteiger charge is 2.50. The van der Waals surface area contributed by atoms with E-state index in [0.29, 0.717) is 17.0 Å². The fraction of sp³-hybridized carbons (Fsp3) is 0.333. The van der Waals surface area contributed by atoms with Crippen LogP contribution in [0.5, 0.6) is 0 Å². The summed E-state index contributed by atoms with van der Waals surface area (Å²) in [5, 5.41) is 13.3. The second kappa shape index (κ2) is 7.12. The van der Waals surface area contributed by atoms with Gasteiger partial charge in [-0.3, -0.25) is 9.59 Å². The van der Waals surface area contributed by atoms with Crippen molar-refractivity contribution in [3.63, 3.8) is 0 Å². The van der Waals surface area contributed by atoms with Gasteiger partial charge < -0.3 is 10.4 Å². The van der Waals surface area contributed by atoms with E-state index in [-0.39, 0.29) is 12.5 Å². The van der Waals surface area contributed by atoms with E-state index in [0.717, 1.165) is 18.4 Å². The molecule has 2 aromatic rings. The van der Waals surface area contributed by atoms with Crippen LogP contribution in [0.4, 0.5) is 0 Å². The van der Waals surface area contributed by atoms with Gasteiger partial charge in [0.2, 0.25) is 5.91 Å². The van der Waals surface area contributed by atoms with Crippen LogP contribution in [0.2, 0.25) is 5.02 Å². The number of nitrogens with one attached hydrogen (secondary N) is 1. The number of carbonyl (C=O) groups is 2. The molecule has 2 N–H and O–H groups in total. The molecule has 1 unspecified atom stereocenters. The Hall–Kier alpha value is -2.33. The minimum atomic E-state index is -1.17. The Morgan fingerprint density at radius 3 is 2.31 bits per heavy atom. The van der Waals surface area contributed by atoms with E-state index in [4.69, 9.17) is 11.6 Å². The van der Waals surface area contributed by atoms with Crippen LogP contribution >= 0.6 is 11.6 Å². The molecule has 136 valence electrons. The molecule has 2 aromatic carbocycles. The molecule has 1 aliphatic rings. The van der Waals surface area contributed by atoms with Crippen molar-refractivity contribution in [2.45, 2.75) is 31.6 Å². The molecule has 0 saturated heterocycles. The fourth-order valence-corrected chi connectivity index (χ4v) is 3.40. The SMILES string of the molecule is CC(CNC(=O)C1(Cc2ccccc2Cl)CC1)(C(=O)O)c1ccccc1. The highest BCUT2D eigenvalue weighted by molar-refractivity contribution is 6.31. The zero-order chi connectivity index (χ0) is 18.8. The van der Waals surface area contributed by atoms with E-state index in [9.17, 15) is 14.7 Å². The Labute approximate surface area is 158 Å². The molecule has 1 atom stereocenters. The van der Waals surface area contributed by atoms with E-state index in [1.165, 1.54) is 0 Å². The van der Waals surface area contributed by atoms with Crippen molar-refractivity contribution in [1.29, 1.82) is 0 Å². The summed E-state index contributed by atoms with van der Waals surface area (Å²) >= 11 is 6.22. The van der Waals surface area contributed by atoms with Crippen molar-refractivity contribution in [2.75, 3.05) is 6.54 Å². The third-order valence-corrected chi connectivity index (χ3v) is 5.68. The van der Waals surface area contributed by atoms with Crippen LogP contribution in [-0.4, -0.2) is 23.5 Å². The Balaban J connectivity index is 1.71. The number of hydrogen-bond acceptors (Lipinski definition) is 2. The number of carboxylic acid groups (broad SMARTS) is 1. The van der Waals surface area contributed by atoms with Crippen molar-refractivity contribution in [3.8, 4) is 0 Å². The highest BCUT2D eigenvalue weighted by Crippen LogP contribution is 2.49. The highest BCUT2D eigenvalue weighted by atomic mass is 35.5. The van der Waals surface area contributed by atoms with Gasteiger partial charge in [0.1, 0.15) is 5.41 Å². The van der Waals surface area contributed by atoms with Crippen molar-refractivity contribution in [3.05, 3.63) is 70.7 Å². The van der Waals surface area contributed by atoms with Gasteiger partial charge in [0.25, 0.3) is 0 Å². The molecule has 0 bridgehead atoms. The average molecular weight is 372 g/mol. The van der Waals surface area contributed by atoms with Crippen molar-refractivity contribution in [1.82, 2.24) is 5.32 Å². The lowest BCUT2D eigenvalue weighted by Gasteiger charge is -2.27. The van der Waals surface area contributed by atoms with Crippen molar-refractivity contribution >= 4 is 23.5 Å². The molecule has 1 fully saturated rings. The van der Waals surface area contributed by atoms with Crippen LogP contribution in [0, 0.1) is 5.41 Å². The summed E-state index contributed by atoms with van der Waals surface area (Å²) in [5.74, 6) is -1.05. The zero-order valence-corrected chi connectivity index (χ0v) is 15.4. The van der Waals surface area contributed by atoms with Gasteiger partial charge in [0.15, 0.2) is 0 Å². The van der Waals surface area contributed by atoms with Crippen LogP contribution in [0.1, 0.15) is 30.9 Å². The van der Waals surface area contributed by atoms with Gasteiger partial charge in [-0.25, -0.2) is 0 Å². The first-order chi connectivity index (χ1) is 12.4. The normalized spacial score (nSPS) is 17.2. The zero-order valence-electron chi connectivity index (χ0n) is 14.7. The minimum absolute atomic E-state index is 0.0510. The number of benzene rings is 2. The first kappa shape index (κ1) is 18.5. The van der Waals surface area contributed by atoms with Crippen molar-refractivity contribution < 1.29 is 14.7 Å². The lowest BCUT2D eigenvalue weighted by molar-refractivity contribution is -0.143. The lowest BCUT2D eigenvalue weighted by atomic mass is 9.82. The van der Waals surface area contributed by atoms with Gasteiger partial charge in [-0.15, -0.1) is 0 Å². The van der Waals surface area contributed by atoms with Gasteiger partial charge >= 0.3 is 5.97 Å². The van der Waals surface area contributed by atoms with E-state index in [1.807, 2.05) is 30.3 Å². The maximum atomic E-state index is 12.8. The summed E-state index contributed by atoms with van der Waals surface area (Å²) in [6.07, 6.45) is 2.16. The summed E-state index contributed by atoms with van der Waals surface area (Å²) in [4.78, 5) is 24.7. The average Bonchev–Trinajstić information content (AvgIpc) is 3.43. The summed E-state index contributed by atoms with van der Waals surface area (Å²) in [5.41, 5.74) is -0.0204. The summed E-state index contributed by atoms with van der Waals surface area (Å²) in [6, 6.07) is 16.5. The number of amides is 1. The molecule has 4 nitrogen and oxygen atoms in total. The topological polar surface area (TPSA) is 66.4 Å². The molecular weight excluding hydrogens is 350 g/mol. The maximum absolute atomic E-state index is 12.8. The Morgan fingerprint density at radius 2 is 1.73 bits per heavy atom. The second-order valence-corrected chi connectivity index (χ2v) is 7.64. The molecule has 5 heteroatoms. The molecule has 0 aliphatic heterocycles. The third-order valence-electron chi connectivity index (χ3n) is 5.31. The first-order valence-corrected chi connectivity index (χ1v) is 9.06. The van der Waals surface area contributed by atoms with Gasteiger partial charge in [0.05, 0.1) is 5.41 Å². The van der Waals surface area contributed by atoms with E-state index in [1.54, 1.807) is 31.2 Å². The molecule has 1 saturated carbocycles. The first-order valence-electron chi connectivity index (χ1n) is 8.68. The molecule has 0 radical (unpaired) electrons. The molecule has 26 heavy (non-hydrogen) atoms. The molecule has 0 aromatic heterocycles. The monoisotopic (exact) mass is 371 g/mol. The Bertz CT molecular complexity index is 817. The molecular formula is C21H22ClNO3. The quantitative estimate of drug-likeness (QED) is 0.777. The number of carboxylic acids is 1. The largest absolute Gasteiger partial charge is 0.481 e. The summed E-state index contributed by atoms with van der Waals surface area (Å²) in [7, 11) is 0. The van der Waals surface area contributed by atoms with Crippen LogP contribution in [0.15, 0.2) is 54.6 Å². The van der Waals surface area contributed by atoms with Gasteiger partial charge in [0, 0.05) is 11.6 Å². The summed E-state index contributed by atoms with van der Waals surface area (Å²) in [6.45, 7) is 1.69. The van der Waals surface area contributed by atoms with Crippen molar-refractivity contribution in [2.24, 2.45) is 5.41 Å². The van der Waals surface area contributed by atoms with E-state index < -0.39 is 16.8 Å². The molecule has 1 amide bonds. The maximum Gasteiger partial charge on any atom is 0.315 e. The van der Waals surface area contributed by atoms with E-state index >= 15 is 0 Å². The molecule has 0 heterocycles. The second-order valence-electron chi connectivity index (χ2n) is 7.23. The number of hydrogen-bond donors (Lipinski definition) is 2. The summed E-state index contributed by atoms with van der Waals surface area (Å²) < 4.78 is 0. The van der Waals surface area contributed by atoms with Gasteiger partial charge in [-0.1, -0.05) is 60.1 Å². The lowest BCUT2D eigenvalue weighted by Crippen LogP contribution is -2.46. The minimum Gasteiger partial charge on any atom is -0.481 e. The van der Waals surface area contributed by atoms with Crippen LogP contribution in [0.3, 0.4) is 0 Å². The van der Waals surface area contributed by atoms with Gasteiger partial charge in [-0.05, 0) is 43.4 Å². The van der Waals surface area contributed by atoms with Gasteiger partial charge in [-0.2, -0.15) is 0 Å². The smallest absolute Gasteiger partial charge is 0.315 e. The predicted octanol–water partition coefficient (Wildman–Crippen LogP) is 3.82. The Morgan fingerprint density at radius 1 is 1.12 bits per heavy atom. The van der Waals surface area contributed by atoms with Crippen LogP contribution in [-0.2, 0) is 21.4 Å². The third kappa shape index (κ3) is 3.61. The number of halogens is 1. The fourth-order valence-electron chi connectivity index (χ4n) is 3.19. The number of aliphatic carboxylic acids is 1. The van der Waals surface area contributed by atoms with E-state index in [2.05, 4.69) is 5.32 Å². The standard InChI is InChI=1S/C21H22ClNO3/c1-20(19(25)26,16-8-3-2-4-9-16)14-23-18(24)21(11-12-21)13-15-7-5-6-10-17(15)22/h2-10H,11-14H2,1H3,(H,23,24)(H,25,26). The number of carbonyl (C=O) groups excluding carboxylic acids is 1. The Kier molecular flexibility index (Phi) is 5.05. The van der Waals surface area contributed by atoms with Crippen LogP contribution < -0.4 is 5.32 Å². The number of rotatable bonds is 7.